The van der Waals surface area contributed by atoms with E-state index in [2.05, 4.69) is 10.3 Å². The monoisotopic (exact) mass is 193 g/mol. The van der Waals surface area contributed by atoms with Gasteiger partial charge in [-0.3, -0.25) is 0 Å². The van der Waals surface area contributed by atoms with Crippen LogP contribution in [0, 0.1) is 6.92 Å². The van der Waals surface area contributed by atoms with E-state index < -0.39 is 0 Å². The van der Waals surface area contributed by atoms with E-state index in [1.165, 1.54) is 0 Å². The molecule has 4 heteroatoms. The second-order valence-electron chi connectivity index (χ2n) is 2.78. The molecule has 0 radical (unpaired) electrons. The van der Waals surface area contributed by atoms with E-state index in [-0.39, 0.29) is 0 Å². The van der Waals surface area contributed by atoms with Crippen LogP contribution in [0.3, 0.4) is 0 Å². The van der Waals surface area contributed by atoms with Crippen LogP contribution in [0.15, 0.2) is 30.5 Å². The Balaban J connectivity index is 2.41. The van der Waals surface area contributed by atoms with Crippen LogP contribution in [0.25, 0.3) is 5.69 Å². The lowest BCUT2D eigenvalue weighted by atomic mass is 10.3. The summed E-state index contributed by atoms with van der Waals surface area (Å²) in [5, 5.41) is 8.56. The Bertz CT molecular complexity index is 405. The highest BCUT2D eigenvalue weighted by atomic mass is 35.5. The zero-order chi connectivity index (χ0) is 9.26. The van der Waals surface area contributed by atoms with Gasteiger partial charge in [0.2, 0.25) is 0 Å². The van der Waals surface area contributed by atoms with Gasteiger partial charge in [0.1, 0.15) is 0 Å². The average Bonchev–Trinajstić information content (AvgIpc) is 2.53. The number of hydrogen-bond acceptors (Lipinski definition) is 2. The Morgan fingerprint density at radius 1 is 1.23 bits per heavy atom. The van der Waals surface area contributed by atoms with Crippen molar-refractivity contribution in [3.05, 3.63) is 41.2 Å². The Kier molecular flexibility index (Phi) is 2.02. The predicted octanol–water partition coefficient (Wildman–Crippen LogP) is 2.23. The van der Waals surface area contributed by atoms with Crippen LogP contribution in [0.4, 0.5) is 0 Å². The molecule has 1 heterocycles. The molecule has 0 atom stereocenters. The third kappa shape index (κ3) is 1.70. The number of aromatic nitrogens is 3. The van der Waals surface area contributed by atoms with Crippen molar-refractivity contribution < 1.29 is 0 Å². The van der Waals surface area contributed by atoms with Crippen molar-refractivity contribution in [3.8, 4) is 5.69 Å². The van der Waals surface area contributed by atoms with Crippen molar-refractivity contribution in [1.29, 1.82) is 0 Å². The molecular formula is C9H8ClN3. The number of rotatable bonds is 1. The van der Waals surface area contributed by atoms with Gasteiger partial charge in [-0.2, -0.15) is 0 Å². The van der Waals surface area contributed by atoms with Gasteiger partial charge in [-0.15, -0.1) is 5.10 Å². The first-order chi connectivity index (χ1) is 6.25. The van der Waals surface area contributed by atoms with Crippen LogP contribution in [-0.2, 0) is 0 Å². The highest BCUT2D eigenvalue weighted by molar-refractivity contribution is 6.30. The first-order valence-corrected chi connectivity index (χ1v) is 4.28. The van der Waals surface area contributed by atoms with Gasteiger partial charge in [0.05, 0.1) is 17.6 Å². The second kappa shape index (κ2) is 3.18. The maximum absolute atomic E-state index is 5.76. The van der Waals surface area contributed by atoms with Gasteiger partial charge in [0, 0.05) is 5.02 Å². The summed E-state index contributed by atoms with van der Waals surface area (Å²) in [7, 11) is 0. The highest BCUT2D eigenvalue weighted by Crippen LogP contribution is 2.12. The van der Waals surface area contributed by atoms with Crippen LogP contribution < -0.4 is 0 Å². The lowest BCUT2D eigenvalue weighted by molar-refractivity contribution is 0.801. The van der Waals surface area contributed by atoms with E-state index in [1.54, 1.807) is 4.68 Å². The molecule has 0 aliphatic heterocycles. The van der Waals surface area contributed by atoms with Crippen LogP contribution in [0.5, 0.6) is 0 Å². The molecule has 0 aliphatic rings. The van der Waals surface area contributed by atoms with E-state index >= 15 is 0 Å². The number of nitrogens with zero attached hydrogens (tertiary/aromatic N) is 3. The molecule has 0 bridgehead atoms. The first kappa shape index (κ1) is 8.26. The summed E-state index contributed by atoms with van der Waals surface area (Å²) >= 11 is 5.76. The van der Waals surface area contributed by atoms with Gasteiger partial charge < -0.3 is 0 Å². The van der Waals surface area contributed by atoms with Gasteiger partial charge in [0.25, 0.3) is 0 Å². The summed E-state index contributed by atoms with van der Waals surface area (Å²) in [6, 6.07) is 7.45. The van der Waals surface area contributed by atoms with Crippen molar-refractivity contribution in [3.63, 3.8) is 0 Å². The summed E-state index contributed by atoms with van der Waals surface area (Å²) < 4.78 is 1.71. The molecule has 2 rings (SSSR count). The van der Waals surface area contributed by atoms with Crippen molar-refractivity contribution in [2.45, 2.75) is 6.92 Å². The van der Waals surface area contributed by atoms with Gasteiger partial charge in [-0.1, -0.05) is 16.8 Å². The zero-order valence-corrected chi connectivity index (χ0v) is 7.86. The van der Waals surface area contributed by atoms with E-state index in [1.807, 2.05) is 37.4 Å². The van der Waals surface area contributed by atoms with Crippen LogP contribution in [0.1, 0.15) is 5.69 Å². The molecule has 13 heavy (non-hydrogen) atoms. The van der Waals surface area contributed by atoms with Gasteiger partial charge in [-0.05, 0) is 31.2 Å². The summed E-state index contributed by atoms with van der Waals surface area (Å²) in [6.07, 6.45) is 1.86. The molecule has 0 N–H and O–H groups in total. The minimum Gasteiger partial charge on any atom is -0.220 e. The smallest absolute Gasteiger partial charge is 0.0800 e. The maximum Gasteiger partial charge on any atom is 0.0800 e. The van der Waals surface area contributed by atoms with Crippen molar-refractivity contribution in [2.75, 3.05) is 0 Å². The molecule has 3 nitrogen and oxygen atoms in total. The molecule has 66 valence electrons. The Morgan fingerprint density at radius 2 is 1.92 bits per heavy atom. The number of aryl methyl sites for hydroxylation is 1. The lowest BCUT2D eigenvalue weighted by Crippen LogP contribution is -1.93. The maximum atomic E-state index is 5.76. The Morgan fingerprint density at radius 3 is 2.46 bits per heavy atom. The number of hydrogen-bond donors (Lipinski definition) is 0. The second-order valence-corrected chi connectivity index (χ2v) is 3.22. The summed E-state index contributed by atoms with van der Waals surface area (Å²) in [5.74, 6) is 0. The molecule has 1 aromatic heterocycles. The molecule has 1 aromatic carbocycles. The largest absolute Gasteiger partial charge is 0.220 e. The van der Waals surface area contributed by atoms with Crippen molar-refractivity contribution >= 4 is 11.6 Å². The first-order valence-electron chi connectivity index (χ1n) is 3.90. The van der Waals surface area contributed by atoms with Crippen LogP contribution in [0.2, 0.25) is 5.02 Å². The molecular weight excluding hydrogens is 186 g/mol. The van der Waals surface area contributed by atoms with E-state index in [4.69, 9.17) is 11.6 Å². The van der Waals surface area contributed by atoms with Gasteiger partial charge >= 0.3 is 0 Å². The SMILES string of the molecule is Cc1cn(-c2ccc(Cl)cc2)nn1. The fourth-order valence-electron chi connectivity index (χ4n) is 1.07. The number of halogens is 1. The van der Waals surface area contributed by atoms with Gasteiger partial charge in [0.15, 0.2) is 0 Å². The van der Waals surface area contributed by atoms with Gasteiger partial charge in [-0.25, -0.2) is 4.68 Å². The highest BCUT2D eigenvalue weighted by Gasteiger charge is 1.97. The molecule has 0 saturated carbocycles. The normalized spacial score (nSPS) is 10.3. The standard InChI is InChI=1S/C9H8ClN3/c1-7-6-13(12-11-7)9-4-2-8(10)3-5-9/h2-6H,1H3. The van der Waals surface area contributed by atoms with E-state index in [0.717, 1.165) is 16.4 Å². The summed E-state index contributed by atoms with van der Waals surface area (Å²) in [5.41, 5.74) is 1.86. The average molecular weight is 194 g/mol. The third-order valence-electron chi connectivity index (χ3n) is 1.70. The quantitative estimate of drug-likeness (QED) is 0.696. The minimum atomic E-state index is 0.723. The number of benzene rings is 1. The lowest BCUT2D eigenvalue weighted by Gasteiger charge is -1.98. The van der Waals surface area contributed by atoms with Crippen molar-refractivity contribution in [2.24, 2.45) is 0 Å². The molecule has 0 spiro atoms. The molecule has 0 fully saturated rings. The third-order valence-corrected chi connectivity index (χ3v) is 1.95. The molecule has 2 aromatic rings. The topological polar surface area (TPSA) is 30.7 Å². The van der Waals surface area contributed by atoms with E-state index in [9.17, 15) is 0 Å². The minimum absolute atomic E-state index is 0.723. The summed E-state index contributed by atoms with van der Waals surface area (Å²) in [6.45, 7) is 1.90. The van der Waals surface area contributed by atoms with Crippen LogP contribution >= 0.6 is 11.6 Å². The Labute approximate surface area is 81.0 Å². The zero-order valence-electron chi connectivity index (χ0n) is 7.11. The Hall–Kier alpha value is -1.35. The molecule has 0 amide bonds. The predicted molar refractivity (Wildman–Crippen MR) is 51.1 cm³/mol. The molecule has 0 saturated heterocycles. The van der Waals surface area contributed by atoms with Crippen molar-refractivity contribution in [1.82, 2.24) is 15.0 Å². The van der Waals surface area contributed by atoms with Crippen LogP contribution in [-0.4, -0.2) is 15.0 Å². The molecule has 0 unspecified atom stereocenters. The molecule has 0 aliphatic carbocycles. The summed E-state index contributed by atoms with van der Waals surface area (Å²) in [4.78, 5) is 0. The fourth-order valence-corrected chi connectivity index (χ4v) is 1.19. The fraction of sp³-hybridized carbons (Fsp3) is 0.111. The van der Waals surface area contributed by atoms with E-state index in [0.29, 0.717) is 0 Å².